The first-order chi connectivity index (χ1) is 10.1. The zero-order valence-electron chi connectivity index (χ0n) is 12.2. The van der Waals surface area contributed by atoms with Crippen molar-refractivity contribution in [2.75, 3.05) is 20.7 Å². The summed E-state index contributed by atoms with van der Waals surface area (Å²) in [5, 5.41) is 0. The third kappa shape index (κ3) is 4.08. The smallest absolute Gasteiger partial charge is 0.254 e. The fourth-order valence-electron chi connectivity index (χ4n) is 2.03. The number of hydrogen-bond acceptors (Lipinski definition) is 2. The summed E-state index contributed by atoms with van der Waals surface area (Å²) in [5.41, 5.74) is 1.87. The Labute approximate surface area is 133 Å². The molecule has 110 valence electrons. The van der Waals surface area contributed by atoms with Gasteiger partial charge in [-0.1, -0.05) is 24.3 Å². The fraction of sp³-hybridized carbons (Fsp3) is 0.235. The molecule has 3 nitrogen and oxygen atoms in total. The average Bonchev–Trinajstić information content (AvgIpc) is 2.53. The lowest BCUT2D eigenvalue weighted by molar-refractivity contribution is 0.0795. The largest absolute Gasteiger partial charge is 0.497 e. The summed E-state index contributed by atoms with van der Waals surface area (Å²) >= 11 is 3.42. The highest BCUT2D eigenvalue weighted by atomic mass is 79.9. The van der Waals surface area contributed by atoms with Crippen LogP contribution in [0.25, 0.3) is 0 Å². The van der Waals surface area contributed by atoms with Gasteiger partial charge in [-0.25, -0.2) is 0 Å². The highest BCUT2D eigenvalue weighted by Crippen LogP contribution is 2.18. The van der Waals surface area contributed by atoms with Gasteiger partial charge in [0.1, 0.15) is 5.75 Å². The Morgan fingerprint density at radius 3 is 2.43 bits per heavy atom. The van der Waals surface area contributed by atoms with E-state index < -0.39 is 0 Å². The van der Waals surface area contributed by atoms with E-state index in [1.165, 1.54) is 5.56 Å². The lowest BCUT2D eigenvalue weighted by atomic mass is 10.1. The predicted molar refractivity (Wildman–Crippen MR) is 87.8 cm³/mol. The minimum absolute atomic E-state index is 0.0241. The minimum Gasteiger partial charge on any atom is -0.497 e. The van der Waals surface area contributed by atoms with Gasteiger partial charge in [-0.3, -0.25) is 4.79 Å². The molecule has 0 fully saturated rings. The number of rotatable bonds is 5. The van der Waals surface area contributed by atoms with Crippen molar-refractivity contribution >= 4 is 21.8 Å². The van der Waals surface area contributed by atoms with E-state index in [1.54, 1.807) is 12.0 Å². The molecule has 21 heavy (non-hydrogen) atoms. The molecule has 2 aromatic carbocycles. The van der Waals surface area contributed by atoms with E-state index in [4.69, 9.17) is 4.74 Å². The number of halogens is 1. The van der Waals surface area contributed by atoms with Crippen LogP contribution in [-0.2, 0) is 6.42 Å². The van der Waals surface area contributed by atoms with Crippen LogP contribution in [0, 0.1) is 0 Å². The summed E-state index contributed by atoms with van der Waals surface area (Å²) in [4.78, 5) is 14.1. The second kappa shape index (κ2) is 7.27. The number of hydrogen-bond donors (Lipinski definition) is 0. The summed E-state index contributed by atoms with van der Waals surface area (Å²) in [6.07, 6.45) is 0.816. The van der Waals surface area contributed by atoms with Crippen LogP contribution in [-0.4, -0.2) is 31.5 Å². The SMILES string of the molecule is COc1ccc(CCN(C)C(=O)c2ccccc2Br)cc1. The Bertz CT molecular complexity index is 610. The van der Waals surface area contributed by atoms with Crippen molar-refractivity contribution in [2.24, 2.45) is 0 Å². The maximum Gasteiger partial charge on any atom is 0.254 e. The van der Waals surface area contributed by atoms with E-state index >= 15 is 0 Å². The maximum absolute atomic E-state index is 12.4. The number of carbonyl (C=O) groups excluding carboxylic acids is 1. The van der Waals surface area contributed by atoms with Gasteiger partial charge in [-0.05, 0) is 52.2 Å². The molecule has 0 saturated heterocycles. The number of ether oxygens (including phenoxy) is 1. The van der Waals surface area contributed by atoms with E-state index in [2.05, 4.69) is 15.9 Å². The molecule has 0 heterocycles. The van der Waals surface area contributed by atoms with Gasteiger partial charge in [0, 0.05) is 18.1 Å². The lowest BCUT2D eigenvalue weighted by Gasteiger charge is -2.18. The quantitative estimate of drug-likeness (QED) is 0.823. The van der Waals surface area contributed by atoms with Gasteiger partial charge >= 0.3 is 0 Å². The zero-order chi connectivity index (χ0) is 15.2. The molecule has 0 aliphatic carbocycles. The Balaban J connectivity index is 1.96. The Hall–Kier alpha value is -1.81. The van der Waals surface area contributed by atoms with E-state index in [0.29, 0.717) is 12.1 Å². The highest BCUT2D eigenvalue weighted by Gasteiger charge is 2.13. The molecule has 0 N–H and O–H groups in total. The Kier molecular flexibility index (Phi) is 5.39. The van der Waals surface area contributed by atoms with Gasteiger partial charge < -0.3 is 9.64 Å². The standard InChI is InChI=1S/C17H18BrNO2/c1-19(17(20)15-5-3-4-6-16(15)18)12-11-13-7-9-14(21-2)10-8-13/h3-10H,11-12H2,1-2H3. The normalized spacial score (nSPS) is 10.2. The minimum atomic E-state index is 0.0241. The summed E-state index contributed by atoms with van der Waals surface area (Å²) in [7, 11) is 3.48. The van der Waals surface area contributed by atoms with Gasteiger partial charge in [0.15, 0.2) is 0 Å². The second-order valence-electron chi connectivity index (χ2n) is 4.80. The molecule has 0 atom stereocenters. The number of likely N-dealkylation sites (N-methyl/N-ethyl adjacent to an activating group) is 1. The molecule has 0 unspecified atom stereocenters. The van der Waals surface area contributed by atoms with E-state index in [0.717, 1.165) is 16.6 Å². The van der Waals surface area contributed by atoms with Crippen LogP contribution in [0.3, 0.4) is 0 Å². The second-order valence-corrected chi connectivity index (χ2v) is 5.66. The van der Waals surface area contributed by atoms with Gasteiger partial charge in [0.25, 0.3) is 5.91 Å². The number of amides is 1. The van der Waals surface area contributed by atoms with Crippen LogP contribution >= 0.6 is 15.9 Å². The zero-order valence-corrected chi connectivity index (χ0v) is 13.8. The molecule has 0 aliphatic heterocycles. The highest BCUT2D eigenvalue weighted by molar-refractivity contribution is 9.10. The molecule has 2 rings (SSSR count). The average molecular weight is 348 g/mol. The summed E-state index contributed by atoms with van der Waals surface area (Å²) < 4.78 is 5.96. The molecule has 4 heteroatoms. The van der Waals surface area contributed by atoms with Gasteiger partial charge in [-0.2, -0.15) is 0 Å². The molecule has 0 bridgehead atoms. The van der Waals surface area contributed by atoms with Gasteiger partial charge in [0.2, 0.25) is 0 Å². The van der Waals surface area contributed by atoms with Gasteiger partial charge in [-0.15, -0.1) is 0 Å². The van der Waals surface area contributed by atoms with Crippen LogP contribution in [0.2, 0.25) is 0 Å². The first-order valence-electron chi connectivity index (χ1n) is 6.74. The lowest BCUT2D eigenvalue weighted by Crippen LogP contribution is -2.29. The number of nitrogens with zero attached hydrogens (tertiary/aromatic N) is 1. The van der Waals surface area contributed by atoms with Crippen molar-refractivity contribution in [2.45, 2.75) is 6.42 Å². The first-order valence-corrected chi connectivity index (χ1v) is 7.54. The molecule has 1 amide bonds. The molecule has 0 aromatic heterocycles. The van der Waals surface area contributed by atoms with Gasteiger partial charge in [0.05, 0.1) is 12.7 Å². The van der Waals surface area contributed by atoms with Crippen LogP contribution in [0.1, 0.15) is 15.9 Å². The maximum atomic E-state index is 12.4. The molecular weight excluding hydrogens is 330 g/mol. The van der Waals surface area contributed by atoms with Crippen molar-refractivity contribution in [3.63, 3.8) is 0 Å². The molecule has 2 aromatic rings. The summed E-state index contributed by atoms with van der Waals surface area (Å²) in [6, 6.07) is 15.4. The third-order valence-corrected chi connectivity index (χ3v) is 4.04. The number of methoxy groups -OCH3 is 1. The molecule has 0 saturated carbocycles. The number of carbonyl (C=O) groups is 1. The van der Waals surface area contributed by atoms with Crippen LogP contribution in [0.4, 0.5) is 0 Å². The number of benzene rings is 2. The summed E-state index contributed by atoms with van der Waals surface area (Å²) in [5.74, 6) is 0.868. The van der Waals surface area contributed by atoms with Crippen LogP contribution in [0.5, 0.6) is 5.75 Å². The van der Waals surface area contributed by atoms with E-state index in [9.17, 15) is 4.79 Å². The van der Waals surface area contributed by atoms with Crippen molar-refractivity contribution < 1.29 is 9.53 Å². The first kappa shape index (κ1) is 15.6. The van der Waals surface area contributed by atoms with E-state index in [-0.39, 0.29) is 5.91 Å². The van der Waals surface area contributed by atoms with Crippen molar-refractivity contribution in [1.29, 1.82) is 0 Å². The fourth-order valence-corrected chi connectivity index (χ4v) is 2.49. The molecule has 0 radical (unpaired) electrons. The third-order valence-electron chi connectivity index (χ3n) is 3.35. The van der Waals surface area contributed by atoms with Crippen molar-refractivity contribution in [1.82, 2.24) is 4.90 Å². The monoisotopic (exact) mass is 347 g/mol. The topological polar surface area (TPSA) is 29.5 Å². The Morgan fingerprint density at radius 2 is 1.81 bits per heavy atom. The summed E-state index contributed by atoms with van der Waals surface area (Å²) in [6.45, 7) is 0.673. The van der Waals surface area contributed by atoms with Crippen LogP contribution in [0.15, 0.2) is 53.0 Å². The van der Waals surface area contributed by atoms with Crippen molar-refractivity contribution in [3.05, 3.63) is 64.1 Å². The van der Waals surface area contributed by atoms with Crippen molar-refractivity contribution in [3.8, 4) is 5.75 Å². The molecule has 0 spiro atoms. The molecule has 0 aliphatic rings. The Morgan fingerprint density at radius 1 is 1.14 bits per heavy atom. The van der Waals surface area contributed by atoms with E-state index in [1.807, 2.05) is 55.6 Å². The predicted octanol–water partition coefficient (Wildman–Crippen LogP) is 3.77. The molecular formula is C17H18BrNO2. The van der Waals surface area contributed by atoms with Crippen LogP contribution < -0.4 is 4.74 Å².